The number of unbranched alkanes of at least 4 members (excludes halogenated alkanes) is 2. The van der Waals surface area contributed by atoms with Crippen molar-refractivity contribution in [2.75, 3.05) is 20.2 Å². The van der Waals surface area contributed by atoms with E-state index < -0.39 is 0 Å². The molecule has 1 aromatic heterocycles. The average molecular weight is 369 g/mol. The summed E-state index contributed by atoms with van der Waals surface area (Å²) in [6.07, 6.45) is 5.26. The Morgan fingerprint density at radius 3 is 2.59 bits per heavy atom. The van der Waals surface area contributed by atoms with Gasteiger partial charge in [-0.1, -0.05) is 38.0 Å². The van der Waals surface area contributed by atoms with Gasteiger partial charge in [0.1, 0.15) is 11.4 Å². The van der Waals surface area contributed by atoms with Gasteiger partial charge in [0.05, 0.1) is 7.11 Å². The summed E-state index contributed by atoms with van der Waals surface area (Å²) in [4.78, 5) is 28.6. The highest BCUT2D eigenvalue weighted by atomic mass is 16.5. The number of pyridine rings is 1. The molecule has 0 atom stereocenters. The lowest BCUT2D eigenvalue weighted by Crippen LogP contribution is -2.28. The van der Waals surface area contributed by atoms with Crippen molar-refractivity contribution in [2.45, 2.75) is 32.6 Å². The Balaban J connectivity index is 1.88. The molecule has 6 heteroatoms. The van der Waals surface area contributed by atoms with Crippen molar-refractivity contribution >= 4 is 11.8 Å². The molecule has 1 heterocycles. The maximum absolute atomic E-state index is 12.3. The number of benzene rings is 1. The van der Waals surface area contributed by atoms with E-state index >= 15 is 0 Å². The number of carbonyl (C=O) groups excluding carboxylic acids is 2. The number of rotatable bonds is 10. The molecule has 0 bridgehead atoms. The van der Waals surface area contributed by atoms with Crippen LogP contribution in [0, 0.1) is 0 Å². The molecule has 144 valence electrons. The predicted octanol–water partition coefficient (Wildman–Crippen LogP) is 2.98. The van der Waals surface area contributed by atoms with Crippen molar-refractivity contribution in [3.63, 3.8) is 0 Å². The molecular weight excluding hydrogens is 342 g/mol. The fraction of sp³-hybridized carbons (Fsp3) is 0.381. The standard InChI is InChI=1S/C21H27N3O3/c1-3-4-7-12-23-20(25)17-11-13-22-18(15-17)21(26)24-14-10-16-8-5-6-9-19(16)27-2/h5-6,8-9,11,13,15H,3-4,7,10,12,14H2,1-2H3,(H,23,25)(H,24,26). The molecule has 2 aromatic rings. The maximum Gasteiger partial charge on any atom is 0.269 e. The third kappa shape index (κ3) is 6.40. The molecule has 27 heavy (non-hydrogen) atoms. The van der Waals surface area contributed by atoms with Crippen molar-refractivity contribution in [3.8, 4) is 5.75 Å². The van der Waals surface area contributed by atoms with Crippen LogP contribution < -0.4 is 15.4 Å². The zero-order chi connectivity index (χ0) is 19.5. The third-order valence-electron chi connectivity index (χ3n) is 4.19. The molecule has 0 saturated heterocycles. The number of hydrogen-bond donors (Lipinski definition) is 2. The zero-order valence-corrected chi connectivity index (χ0v) is 16.0. The van der Waals surface area contributed by atoms with Gasteiger partial charge in [-0.2, -0.15) is 0 Å². The topological polar surface area (TPSA) is 80.3 Å². The molecule has 1 aromatic carbocycles. The number of carbonyl (C=O) groups is 2. The Hall–Kier alpha value is -2.89. The van der Waals surface area contributed by atoms with E-state index in [1.165, 1.54) is 12.3 Å². The average Bonchev–Trinajstić information content (AvgIpc) is 2.71. The van der Waals surface area contributed by atoms with E-state index in [0.29, 0.717) is 25.1 Å². The summed E-state index contributed by atoms with van der Waals surface area (Å²) in [6, 6.07) is 10.8. The Morgan fingerprint density at radius 1 is 1.04 bits per heavy atom. The van der Waals surface area contributed by atoms with Crippen LogP contribution in [0.25, 0.3) is 0 Å². The first-order valence-electron chi connectivity index (χ1n) is 9.30. The number of hydrogen-bond acceptors (Lipinski definition) is 4. The van der Waals surface area contributed by atoms with E-state index in [1.54, 1.807) is 13.2 Å². The zero-order valence-electron chi connectivity index (χ0n) is 16.0. The molecule has 0 aliphatic rings. The van der Waals surface area contributed by atoms with Crippen molar-refractivity contribution in [3.05, 3.63) is 59.4 Å². The number of nitrogens with one attached hydrogen (secondary N) is 2. The molecule has 2 N–H and O–H groups in total. The summed E-state index contributed by atoms with van der Waals surface area (Å²) in [7, 11) is 1.63. The number of methoxy groups -OCH3 is 1. The van der Waals surface area contributed by atoms with Gasteiger partial charge < -0.3 is 15.4 Å². The second-order valence-electron chi connectivity index (χ2n) is 6.21. The SMILES string of the molecule is CCCCCNC(=O)c1ccnc(C(=O)NCCc2ccccc2OC)c1. The monoisotopic (exact) mass is 369 g/mol. The highest BCUT2D eigenvalue weighted by Crippen LogP contribution is 2.17. The van der Waals surface area contributed by atoms with Crippen LogP contribution in [0.15, 0.2) is 42.6 Å². The Bertz CT molecular complexity index is 762. The summed E-state index contributed by atoms with van der Waals surface area (Å²) >= 11 is 0. The van der Waals surface area contributed by atoms with Crippen molar-refractivity contribution in [2.24, 2.45) is 0 Å². The molecule has 0 aliphatic heterocycles. The summed E-state index contributed by atoms with van der Waals surface area (Å²) in [5, 5.41) is 5.70. The first-order valence-corrected chi connectivity index (χ1v) is 9.30. The van der Waals surface area contributed by atoms with Gasteiger partial charge in [0, 0.05) is 24.8 Å². The smallest absolute Gasteiger partial charge is 0.269 e. The molecule has 2 rings (SSSR count). The highest BCUT2D eigenvalue weighted by molar-refractivity contribution is 5.98. The normalized spacial score (nSPS) is 10.3. The molecular formula is C21H27N3O3. The van der Waals surface area contributed by atoms with Crippen LogP contribution in [0.3, 0.4) is 0 Å². The van der Waals surface area contributed by atoms with Gasteiger partial charge in [0.25, 0.3) is 11.8 Å². The van der Waals surface area contributed by atoms with Gasteiger partial charge in [-0.3, -0.25) is 14.6 Å². The molecule has 0 fully saturated rings. The Kier molecular flexibility index (Phi) is 8.29. The van der Waals surface area contributed by atoms with Crippen molar-refractivity contribution < 1.29 is 14.3 Å². The minimum atomic E-state index is -0.300. The highest BCUT2D eigenvalue weighted by Gasteiger charge is 2.12. The first-order chi connectivity index (χ1) is 13.2. The molecule has 0 saturated carbocycles. The lowest BCUT2D eigenvalue weighted by Gasteiger charge is -2.09. The largest absolute Gasteiger partial charge is 0.496 e. The van der Waals surface area contributed by atoms with Crippen molar-refractivity contribution in [1.29, 1.82) is 0 Å². The minimum absolute atomic E-state index is 0.184. The Morgan fingerprint density at radius 2 is 1.81 bits per heavy atom. The van der Waals surface area contributed by atoms with Gasteiger partial charge >= 0.3 is 0 Å². The van der Waals surface area contributed by atoms with E-state index in [4.69, 9.17) is 4.74 Å². The van der Waals surface area contributed by atoms with Gasteiger partial charge in [0.2, 0.25) is 0 Å². The van der Waals surface area contributed by atoms with Crippen LogP contribution in [0.5, 0.6) is 5.75 Å². The number of aromatic nitrogens is 1. The van der Waals surface area contributed by atoms with Crippen LogP contribution >= 0.6 is 0 Å². The fourth-order valence-electron chi connectivity index (χ4n) is 2.69. The van der Waals surface area contributed by atoms with Crippen LogP contribution in [0.1, 0.15) is 52.6 Å². The van der Waals surface area contributed by atoms with E-state index in [0.717, 1.165) is 30.6 Å². The predicted molar refractivity (Wildman–Crippen MR) is 105 cm³/mol. The number of para-hydroxylation sites is 1. The number of ether oxygens (including phenoxy) is 1. The first kappa shape index (κ1) is 20.4. The maximum atomic E-state index is 12.3. The Labute approximate surface area is 160 Å². The molecule has 6 nitrogen and oxygen atoms in total. The van der Waals surface area contributed by atoms with Gasteiger partial charge in [-0.25, -0.2) is 0 Å². The summed E-state index contributed by atoms with van der Waals surface area (Å²) in [5.41, 5.74) is 1.70. The van der Waals surface area contributed by atoms with Crippen LogP contribution in [-0.2, 0) is 6.42 Å². The second-order valence-corrected chi connectivity index (χ2v) is 6.21. The van der Waals surface area contributed by atoms with Crippen LogP contribution in [0.2, 0.25) is 0 Å². The lowest BCUT2D eigenvalue weighted by molar-refractivity contribution is 0.0949. The minimum Gasteiger partial charge on any atom is -0.496 e. The van der Waals surface area contributed by atoms with E-state index in [2.05, 4.69) is 22.5 Å². The van der Waals surface area contributed by atoms with Crippen molar-refractivity contribution in [1.82, 2.24) is 15.6 Å². The molecule has 0 spiro atoms. The van der Waals surface area contributed by atoms with Crippen LogP contribution in [-0.4, -0.2) is 37.0 Å². The molecule has 0 aliphatic carbocycles. The van der Waals surface area contributed by atoms with Gasteiger partial charge in [-0.15, -0.1) is 0 Å². The summed E-state index contributed by atoms with van der Waals surface area (Å²) in [6.45, 7) is 3.20. The number of nitrogens with zero attached hydrogens (tertiary/aromatic N) is 1. The lowest BCUT2D eigenvalue weighted by atomic mass is 10.1. The molecule has 0 radical (unpaired) electrons. The summed E-state index contributed by atoms with van der Waals surface area (Å²) < 4.78 is 5.31. The van der Waals surface area contributed by atoms with E-state index in [-0.39, 0.29) is 17.5 Å². The van der Waals surface area contributed by atoms with E-state index in [9.17, 15) is 9.59 Å². The van der Waals surface area contributed by atoms with E-state index in [1.807, 2.05) is 24.3 Å². The second kappa shape index (κ2) is 11.0. The fourth-order valence-corrected chi connectivity index (χ4v) is 2.69. The van der Waals surface area contributed by atoms with Crippen LogP contribution in [0.4, 0.5) is 0 Å². The third-order valence-corrected chi connectivity index (χ3v) is 4.19. The van der Waals surface area contributed by atoms with Gasteiger partial charge in [-0.05, 0) is 36.6 Å². The molecule has 2 amide bonds. The number of amides is 2. The quantitative estimate of drug-likeness (QED) is 0.631. The van der Waals surface area contributed by atoms with Gasteiger partial charge in [0.15, 0.2) is 0 Å². The summed E-state index contributed by atoms with van der Waals surface area (Å²) in [5.74, 6) is 0.314. The molecule has 0 unspecified atom stereocenters.